The number of amides is 4. The molecule has 4 aromatic rings. The lowest BCUT2D eigenvalue weighted by Gasteiger charge is -2.35. The van der Waals surface area contributed by atoms with Crippen molar-refractivity contribution in [3.63, 3.8) is 0 Å². The van der Waals surface area contributed by atoms with E-state index in [4.69, 9.17) is 42.4 Å². The molecule has 3 N–H and O–H groups in total. The molecule has 6 rings (SSSR count). The van der Waals surface area contributed by atoms with Gasteiger partial charge < -0.3 is 44.2 Å². The molecule has 0 aliphatic carbocycles. The van der Waals surface area contributed by atoms with Crippen molar-refractivity contribution in [1.82, 2.24) is 25.5 Å². The molecule has 2 aliphatic rings. The fraction of sp³-hybridized carbons (Fsp3) is 0.447. The molecule has 67 heavy (non-hydrogen) atoms. The van der Waals surface area contributed by atoms with E-state index in [9.17, 15) is 29.5 Å². The Hall–Kier alpha value is -6.04. The van der Waals surface area contributed by atoms with Gasteiger partial charge in [-0.25, -0.2) is 14.4 Å². The van der Waals surface area contributed by atoms with Crippen molar-refractivity contribution >= 4 is 63.9 Å². The van der Waals surface area contributed by atoms with E-state index in [0.717, 1.165) is 11.1 Å². The molecule has 2 saturated heterocycles. The summed E-state index contributed by atoms with van der Waals surface area (Å²) in [4.78, 5) is 65.8. The van der Waals surface area contributed by atoms with Crippen molar-refractivity contribution < 1.29 is 47.3 Å². The number of aliphatic hydroxyl groups is 1. The van der Waals surface area contributed by atoms with E-state index in [0.29, 0.717) is 43.9 Å². The van der Waals surface area contributed by atoms with E-state index in [1.165, 1.54) is 40.6 Å². The summed E-state index contributed by atoms with van der Waals surface area (Å²) in [5, 5.41) is 25.5. The fourth-order valence-corrected chi connectivity index (χ4v) is 8.35. The number of aromatic nitrogens is 2. The number of thiocarbonyl (C=S) groups is 1. The smallest absolute Gasteiger partial charge is 0.259 e. The molecule has 356 valence electrons. The number of carbonyl (C=O) groups is 4. The summed E-state index contributed by atoms with van der Waals surface area (Å²) in [7, 11) is 0. The molecule has 17 nitrogen and oxygen atoms in total. The maximum atomic E-state index is 15.3. The zero-order valence-electron chi connectivity index (χ0n) is 37.9. The average Bonchev–Trinajstić information content (AvgIpc) is 4.01. The number of rotatable bonds is 20. The molecule has 20 heteroatoms. The maximum Gasteiger partial charge on any atom is 0.259 e. The SMILES string of the molecule is CC(C)(C)C(NC(=O)COCCCOCCCCOc1ccc(N2C(=S)N(c3cnc(C#N)c(Cl)c3)C(=O)C2(C)C)cc1F)C(=O)N1C[C@H](O)C[C@H]1C(=O)NCc1ccc(-c2cnco2)cc1. The standard InChI is InChI=1S/C47H54ClFN8O9S/c1-46(2,3)41(43(61)55-26-33(58)21-37(55)42(60)53-23-29-9-11-30(12-10-29)39-25-51-28-66-39)54-40(59)27-64-17-8-16-63-15-6-7-18-65-38-14-13-31(20-35(38)49)57-45(67)56(44(62)47(57,4)5)32-19-34(48)36(22-50)52-24-32/h9-14,19-20,24-25,28,33,37,41,58H,6-8,15-18,21,23,26-27H2,1-5H3,(H,53,60)(H,54,59)/t33-,37+,41?/m1/s1. The van der Waals surface area contributed by atoms with E-state index in [1.54, 1.807) is 31.0 Å². The number of carbonyl (C=O) groups excluding carboxylic acids is 4. The van der Waals surface area contributed by atoms with Gasteiger partial charge in [0, 0.05) is 56.6 Å². The number of unbranched alkanes of at least 4 members (excludes halogenated alkanes) is 1. The predicted octanol–water partition coefficient (Wildman–Crippen LogP) is 5.71. The number of ether oxygens (including phenoxy) is 3. The molecule has 2 aliphatic heterocycles. The summed E-state index contributed by atoms with van der Waals surface area (Å²) in [5.74, 6) is -1.72. The van der Waals surface area contributed by atoms with Gasteiger partial charge in [-0.2, -0.15) is 5.26 Å². The molecule has 3 atom stereocenters. The minimum atomic E-state index is -1.17. The summed E-state index contributed by atoms with van der Waals surface area (Å²) in [5.41, 5.74) is 0.421. The minimum absolute atomic E-state index is 0.0111. The Labute approximate surface area is 398 Å². The van der Waals surface area contributed by atoms with Crippen LogP contribution in [-0.4, -0.2) is 112 Å². The fourth-order valence-electron chi connectivity index (χ4n) is 7.63. The van der Waals surface area contributed by atoms with Crippen LogP contribution >= 0.6 is 23.8 Å². The molecular formula is C47H54ClFN8O9S. The molecule has 2 aromatic heterocycles. The van der Waals surface area contributed by atoms with Crippen LogP contribution in [0.1, 0.15) is 71.6 Å². The number of nitriles is 1. The van der Waals surface area contributed by atoms with Crippen LogP contribution in [0.3, 0.4) is 0 Å². The molecule has 0 bridgehead atoms. The number of halogens is 2. The van der Waals surface area contributed by atoms with Crippen molar-refractivity contribution in [3.8, 4) is 23.1 Å². The summed E-state index contributed by atoms with van der Waals surface area (Å²) < 4.78 is 37.5. The van der Waals surface area contributed by atoms with Crippen LogP contribution in [0.25, 0.3) is 11.3 Å². The third kappa shape index (κ3) is 12.3. The van der Waals surface area contributed by atoms with E-state index < -0.39 is 52.7 Å². The van der Waals surface area contributed by atoms with E-state index in [1.807, 2.05) is 51.1 Å². The van der Waals surface area contributed by atoms with Crippen molar-refractivity contribution in [2.24, 2.45) is 5.41 Å². The second-order valence-corrected chi connectivity index (χ2v) is 18.5. The number of hydrogen-bond donors (Lipinski definition) is 3. The molecule has 4 heterocycles. The first-order chi connectivity index (χ1) is 31.9. The van der Waals surface area contributed by atoms with Gasteiger partial charge in [0.05, 0.1) is 35.8 Å². The summed E-state index contributed by atoms with van der Waals surface area (Å²) >= 11 is 11.8. The van der Waals surface area contributed by atoms with Gasteiger partial charge >= 0.3 is 0 Å². The van der Waals surface area contributed by atoms with Crippen molar-refractivity contribution in [3.05, 3.63) is 89.4 Å². The summed E-state index contributed by atoms with van der Waals surface area (Å²) in [6, 6.07) is 13.2. The Balaban J connectivity index is 0.866. The number of likely N-dealkylation sites (tertiary alicyclic amines) is 1. The Bertz CT molecular complexity index is 2460. The van der Waals surface area contributed by atoms with Crippen LogP contribution < -0.4 is 25.2 Å². The molecular weight excluding hydrogens is 907 g/mol. The van der Waals surface area contributed by atoms with Gasteiger partial charge in [0.2, 0.25) is 17.7 Å². The van der Waals surface area contributed by atoms with Crippen LogP contribution in [0.5, 0.6) is 5.75 Å². The molecule has 0 saturated carbocycles. The normalized spacial score (nSPS) is 17.4. The van der Waals surface area contributed by atoms with Crippen LogP contribution in [-0.2, 0) is 35.2 Å². The van der Waals surface area contributed by atoms with Gasteiger partial charge in [-0.3, -0.25) is 24.1 Å². The zero-order valence-corrected chi connectivity index (χ0v) is 39.5. The number of pyridine rings is 1. The number of benzene rings is 2. The van der Waals surface area contributed by atoms with Gasteiger partial charge in [0.15, 0.2) is 34.5 Å². The first-order valence-electron chi connectivity index (χ1n) is 21.8. The van der Waals surface area contributed by atoms with Crippen LogP contribution in [0.2, 0.25) is 5.02 Å². The zero-order chi connectivity index (χ0) is 48.5. The Morgan fingerprint density at radius 3 is 2.43 bits per heavy atom. The molecule has 1 unspecified atom stereocenters. The lowest BCUT2D eigenvalue weighted by Crippen LogP contribution is -2.58. The van der Waals surface area contributed by atoms with Crippen LogP contribution in [0.15, 0.2) is 71.7 Å². The molecule has 0 radical (unpaired) electrons. The summed E-state index contributed by atoms with van der Waals surface area (Å²) in [6.45, 7) is 9.90. The largest absolute Gasteiger partial charge is 0.491 e. The van der Waals surface area contributed by atoms with Crippen molar-refractivity contribution in [1.29, 1.82) is 5.26 Å². The van der Waals surface area contributed by atoms with Crippen LogP contribution in [0, 0.1) is 22.6 Å². The summed E-state index contributed by atoms with van der Waals surface area (Å²) in [6.07, 6.45) is 5.20. The molecule has 0 spiro atoms. The second-order valence-electron chi connectivity index (χ2n) is 17.7. The number of β-amino-alcohol motifs (C(OH)–C–C–N with tert-alkyl or cyclic N) is 1. The second kappa shape index (κ2) is 22.2. The lowest BCUT2D eigenvalue weighted by molar-refractivity contribution is -0.144. The highest BCUT2D eigenvalue weighted by Gasteiger charge is 2.51. The first kappa shape index (κ1) is 50.4. The predicted molar refractivity (Wildman–Crippen MR) is 249 cm³/mol. The highest BCUT2D eigenvalue weighted by molar-refractivity contribution is 7.81. The monoisotopic (exact) mass is 960 g/mol. The third-order valence-corrected chi connectivity index (χ3v) is 11.9. The molecule has 2 fully saturated rings. The Kier molecular flexibility index (Phi) is 16.7. The highest BCUT2D eigenvalue weighted by Crippen LogP contribution is 2.38. The maximum absolute atomic E-state index is 15.3. The van der Waals surface area contributed by atoms with Gasteiger partial charge in [-0.1, -0.05) is 56.6 Å². The van der Waals surface area contributed by atoms with E-state index in [2.05, 4.69) is 20.6 Å². The number of nitrogens with zero attached hydrogens (tertiary/aromatic N) is 6. The first-order valence-corrected chi connectivity index (χ1v) is 22.5. The van der Waals surface area contributed by atoms with Gasteiger partial charge in [-0.15, -0.1) is 0 Å². The highest BCUT2D eigenvalue weighted by atomic mass is 35.5. The quantitative estimate of drug-likeness (QED) is 0.0716. The number of hydrogen-bond acceptors (Lipinski definition) is 13. The third-order valence-electron chi connectivity index (χ3n) is 11.2. The van der Waals surface area contributed by atoms with Gasteiger partial charge in [0.25, 0.3) is 5.91 Å². The number of oxazole rings is 1. The average molecular weight is 962 g/mol. The number of anilines is 2. The molecule has 2 aromatic carbocycles. The van der Waals surface area contributed by atoms with E-state index in [-0.39, 0.29) is 72.5 Å². The Morgan fingerprint density at radius 1 is 1.04 bits per heavy atom. The van der Waals surface area contributed by atoms with Crippen molar-refractivity contribution in [2.75, 3.05) is 49.4 Å². The van der Waals surface area contributed by atoms with Gasteiger partial charge in [0.1, 0.15) is 30.3 Å². The lowest BCUT2D eigenvalue weighted by atomic mass is 9.85. The number of nitrogens with one attached hydrogen (secondary N) is 2. The van der Waals surface area contributed by atoms with E-state index >= 15 is 4.39 Å². The Morgan fingerprint density at radius 2 is 1.76 bits per heavy atom. The number of aliphatic hydroxyl groups excluding tert-OH is 1. The van der Waals surface area contributed by atoms with Crippen molar-refractivity contribution in [2.45, 2.75) is 90.6 Å². The topological polar surface area (TPSA) is 213 Å². The van der Waals surface area contributed by atoms with Gasteiger partial charge in [-0.05, 0) is 74.5 Å². The molecule has 4 amide bonds. The van der Waals surface area contributed by atoms with Crippen LogP contribution in [0.4, 0.5) is 15.8 Å². The minimum Gasteiger partial charge on any atom is -0.491 e.